The van der Waals surface area contributed by atoms with Gasteiger partial charge in [0, 0.05) is 41.4 Å². The van der Waals surface area contributed by atoms with Gasteiger partial charge in [0.2, 0.25) is 11.8 Å². The summed E-state index contributed by atoms with van der Waals surface area (Å²) in [6.45, 7) is 0.102. The van der Waals surface area contributed by atoms with E-state index < -0.39 is 35.3 Å². The Kier molecular flexibility index (Phi) is 7.81. The van der Waals surface area contributed by atoms with Crippen molar-refractivity contribution in [3.63, 3.8) is 0 Å². The normalized spacial score (nSPS) is 13.4. The van der Waals surface area contributed by atoms with E-state index >= 15 is 0 Å². The van der Waals surface area contributed by atoms with Gasteiger partial charge >= 0.3 is 0 Å². The van der Waals surface area contributed by atoms with Gasteiger partial charge in [-0.05, 0) is 54.1 Å². The highest BCUT2D eigenvalue weighted by Gasteiger charge is 2.27. The van der Waals surface area contributed by atoms with Crippen molar-refractivity contribution in [2.24, 2.45) is 0 Å². The number of anilines is 1. The van der Waals surface area contributed by atoms with Crippen molar-refractivity contribution in [3.8, 4) is 5.75 Å². The summed E-state index contributed by atoms with van der Waals surface area (Å²) in [5.74, 6) is -2.94. The lowest BCUT2D eigenvalue weighted by Crippen LogP contribution is -2.49. The number of likely N-dealkylation sites (N-methyl/N-ethyl adjacent to an activating group) is 1. The zero-order chi connectivity index (χ0) is 25.8. The number of hydrogen-bond acceptors (Lipinski definition) is 4. The standard InChI is InChI=1S/C26H22ClF3N2O4/c1-32(22-4-2-18(27)3-5-22)26(34)23(8-15-6-19(28)12-20(29)7-15)31-24(33)11-16-9-21(30)10-17-13-35-14-36-25(16)17/h2-7,9-10,12,23H,8,11,13-14H2,1H3,(H,31,33)/t23-/m0/s1. The van der Waals surface area contributed by atoms with E-state index in [4.69, 9.17) is 21.1 Å². The Bertz CT molecular complexity index is 1270. The molecular weight excluding hydrogens is 497 g/mol. The molecule has 3 aromatic carbocycles. The predicted octanol–water partition coefficient (Wildman–Crippen LogP) is 4.56. The molecule has 0 unspecified atom stereocenters. The van der Waals surface area contributed by atoms with Crippen LogP contribution in [0, 0.1) is 17.5 Å². The van der Waals surface area contributed by atoms with E-state index in [9.17, 15) is 22.8 Å². The molecule has 36 heavy (non-hydrogen) atoms. The second-order valence-electron chi connectivity index (χ2n) is 8.32. The van der Waals surface area contributed by atoms with Gasteiger partial charge in [-0.3, -0.25) is 9.59 Å². The van der Waals surface area contributed by atoms with Gasteiger partial charge in [0.1, 0.15) is 29.2 Å². The molecule has 1 heterocycles. The predicted molar refractivity (Wildman–Crippen MR) is 127 cm³/mol. The number of hydrogen-bond donors (Lipinski definition) is 1. The Morgan fingerprint density at radius 3 is 2.39 bits per heavy atom. The number of benzene rings is 3. The minimum atomic E-state index is -1.17. The van der Waals surface area contributed by atoms with Gasteiger partial charge in [-0.2, -0.15) is 0 Å². The SMILES string of the molecule is CN(C(=O)[C@H](Cc1cc(F)cc(F)c1)NC(=O)Cc1cc(F)cc2c1OCOC2)c1ccc(Cl)cc1. The van der Waals surface area contributed by atoms with Crippen molar-refractivity contribution in [3.05, 3.63) is 93.8 Å². The highest BCUT2D eigenvalue weighted by Crippen LogP contribution is 2.30. The lowest BCUT2D eigenvalue weighted by Gasteiger charge is -2.25. The molecule has 4 rings (SSSR count). The van der Waals surface area contributed by atoms with Gasteiger partial charge in [0.15, 0.2) is 6.79 Å². The molecule has 0 fully saturated rings. The quantitative estimate of drug-likeness (QED) is 0.498. The zero-order valence-corrected chi connectivity index (χ0v) is 19.9. The Labute approximate surface area is 210 Å². The van der Waals surface area contributed by atoms with Crippen LogP contribution >= 0.6 is 11.6 Å². The largest absolute Gasteiger partial charge is 0.467 e. The Balaban J connectivity index is 1.58. The summed E-state index contributed by atoms with van der Waals surface area (Å²) in [7, 11) is 1.51. The van der Waals surface area contributed by atoms with E-state index in [0.29, 0.717) is 27.6 Å². The van der Waals surface area contributed by atoms with E-state index in [1.807, 2.05) is 0 Å². The molecule has 2 amide bonds. The van der Waals surface area contributed by atoms with Crippen LogP contribution in [0.2, 0.25) is 5.02 Å². The van der Waals surface area contributed by atoms with Crippen LogP contribution in [0.25, 0.3) is 0 Å². The number of ether oxygens (including phenoxy) is 2. The van der Waals surface area contributed by atoms with Crippen LogP contribution in [-0.2, 0) is 33.8 Å². The number of halogens is 4. The molecule has 6 nitrogen and oxygen atoms in total. The molecule has 188 valence electrons. The number of nitrogens with zero attached hydrogens (tertiary/aromatic N) is 1. The fraction of sp³-hybridized carbons (Fsp3) is 0.231. The molecule has 0 aliphatic carbocycles. The molecule has 1 N–H and O–H groups in total. The van der Waals surface area contributed by atoms with Crippen molar-refractivity contribution >= 4 is 29.1 Å². The molecule has 1 aliphatic heterocycles. The summed E-state index contributed by atoms with van der Waals surface area (Å²) in [4.78, 5) is 27.7. The van der Waals surface area contributed by atoms with E-state index in [1.54, 1.807) is 24.3 Å². The van der Waals surface area contributed by atoms with Crippen molar-refractivity contribution in [2.45, 2.75) is 25.5 Å². The zero-order valence-electron chi connectivity index (χ0n) is 19.2. The van der Waals surface area contributed by atoms with E-state index in [1.165, 1.54) is 24.1 Å². The number of fused-ring (bicyclic) bond motifs is 1. The maximum Gasteiger partial charge on any atom is 0.249 e. The second kappa shape index (κ2) is 11.0. The first-order chi connectivity index (χ1) is 17.2. The highest BCUT2D eigenvalue weighted by atomic mass is 35.5. The summed E-state index contributed by atoms with van der Waals surface area (Å²) >= 11 is 5.93. The van der Waals surface area contributed by atoms with E-state index in [0.717, 1.165) is 18.2 Å². The molecule has 0 spiro atoms. The average molecular weight is 519 g/mol. The van der Waals surface area contributed by atoms with Gasteiger partial charge in [0.05, 0.1) is 13.0 Å². The minimum absolute atomic E-state index is 0.0363. The maximum absolute atomic E-state index is 14.1. The van der Waals surface area contributed by atoms with Crippen LogP contribution in [-0.4, -0.2) is 31.7 Å². The summed E-state index contributed by atoms with van der Waals surface area (Å²) in [6, 6.07) is 10.6. The molecular formula is C26H22ClF3N2O4. The summed E-state index contributed by atoms with van der Waals surface area (Å²) in [6.07, 6.45) is -0.463. The van der Waals surface area contributed by atoms with E-state index in [2.05, 4.69) is 5.32 Å². The van der Waals surface area contributed by atoms with Crippen molar-refractivity contribution in [1.82, 2.24) is 5.32 Å². The van der Waals surface area contributed by atoms with Gasteiger partial charge in [-0.1, -0.05) is 11.6 Å². The second-order valence-corrected chi connectivity index (χ2v) is 8.75. The molecule has 1 aliphatic rings. The van der Waals surface area contributed by atoms with Crippen LogP contribution in [0.5, 0.6) is 5.75 Å². The Hall–Kier alpha value is -3.56. The molecule has 3 aromatic rings. The molecule has 0 radical (unpaired) electrons. The first kappa shape index (κ1) is 25.5. The van der Waals surface area contributed by atoms with Gasteiger partial charge < -0.3 is 19.7 Å². The topological polar surface area (TPSA) is 67.9 Å². The van der Waals surface area contributed by atoms with Crippen LogP contribution in [0.4, 0.5) is 18.9 Å². The molecule has 0 saturated heterocycles. The van der Waals surface area contributed by atoms with Crippen molar-refractivity contribution in [2.75, 3.05) is 18.7 Å². The molecule has 1 atom stereocenters. The third-order valence-electron chi connectivity index (χ3n) is 5.64. The Morgan fingerprint density at radius 2 is 1.69 bits per heavy atom. The lowest BCUT2D eigenvalue weighted by molar-refractivity contribution is -0.127. The molecule has 0 aromatic heterocycles. The smallest absolute Gasteiger partial charge is 0.249 e. The van der Waals surface area contributed by atoms with Crippen molar-refractivity contribution < 1.29 is 32.2 Å². The van der Waals surface area contributed by atoms with Gasteiger partial charge in [-0.15, -0.1) is 0 Å². The molecule has 10 heteroatoms. The third-order valence-corrected chi connectivity index (χ3v) is 5.89. The number of carbonyl (C=O) groups is 2. The highest BCUT2D eigenvalue weighted by molar-refractivity contribution is 6.30. The number of rotatable bonds is 7. The fourth-order valence-electron chi connectivity index (χ4n) is 4.00. The fourth-order valence-corrected chi connectivity index (χ4v) is 4.12. The van der Waals surface area contributed by atoms with Crippen molar-refractivity contribution in [1.29, 1.82) is 0 Å². The summed E-state index contributed by atoms with van der Waals surface area (Å²) in [5, 5.41) is 3.11. The maximum atomic E-state index is 14.1. The molecule has 0 bridgehead atoms. The van der Waals surface area contributed by atoms with Gasteiger partial charge in [0.25, 0.3) is 0 Å². The van der Waals surface area contributed by atoms with E-state index in [-0.39, 0.29) is 31.8 Å². The lowest BCUT2D eigenvalue weighted by atomic mass is 10.0. The van der Waals surface area contributed by atoms with Gasteiger partial charge in [-0.25, -0.2) is 13.2 Å². The number of carbonyl (C=O) groups excluding carboxylic acids is 2. The first-order valence-electron chi connectivity index (χ1n) is 11.0. The average Bonchev–Trinajstić information content (AvgIpc) is 2.82. The minimum Gasteiger partial charge on any atom is -0.467 e. The summed E-state index contributed by atoms with van der Waals surface area (Å²) < 4.78 is 52.3. The van der Waals surface area contributed by atoms with Crippen LogP contribution in [0.1, 0.15) is 16.7 Å². The third kappa shape index (κ3) is 6.16. The summed E-state index contributed by atoms with van der Waals surface area (Å²) in [5.41, 5.74) is 1.44. The van der Waals surface area contributed by atoms with Crippen LogP contribution in [0.3, 0.4) is 0 Å². The van der Waals surface area contributed by atoms with Crippen LogP contribution in [0.15, 0.2) is 54.6 Å². The number of nitrogens with one attached hydrogen (secondary N) is 1. The number of amides is 2. The Morgan fingerprint density at radius 1 is 1.03 bits per heavy atom. The molecule has 0 saturated carbocycles. The van der Waals surface area contributed by atoms with Crippen LogP contribution < -0.4 is 15.0 Å². The first-order valence-corrected chi connectivity index (χ1v) is 11.4. The monoisotopic (exact) mass is 518 g/mol.